The fourth-order valence-corrected chi connectivity index (χ4v) is 2.26. The smallest absolute Gasteiger partial charge is 0.224 e. The van der Waals surface area contributed by atoms with Crippen molar-refractivity contribution in [2.45, 2.75) is 6.42 Å². The Kier molecular flexibility index (Phi) is 3.52. The van der Waals surface area contributed by atoms with Crippen molar-refractivity contribution in [2.24, 2.45) is 7.05 Å². The van der Waals surface area contributed by atoms with Gasteiger partial charge in [0.25, 0.3) is 0 Å². The zero-order valence-electron chi connectivity index (χ0n) is 11.0. The van der Waals surface area contributed by atoms with Gasteiger partial charge in [0.15, 0.2) is 0 Å². The molecule has 5 nitrogen and oxygen atoms in total. The predicted octanol–water partition coefficient (Wildman–Crippen LogP) is 2.67. The average molecular weight is 288 g/mol. The number of anilines is 1. The van der Waals surface area contributed by atoms with Gasteiger partial charge < -0.3 is 5.32 Å². The van der Waals surface area contributed by atoms with Crippen molar-refractivity contribution in [3.05, 3.63) is 47.5 Å². The highest BCUT2D eigenvalue weighted by Crippen LogP contribution is 2.21. The standard InChI is InChI=1S/C14H14ClN5/c1-20-9-7-10(19-20)6-8-16-13-11-4-2-3-5-12(11)17-14(15)18-13/h2-5,7,9H,6,8H2,1H3,(H,16,17,18). The molecule has 0 saturated carbocycles. The van der Waals surface area contributed by atoms with Crippen molar-refractivity contribution in [2.75, 3.05) is 11.9 Å². The summed E-state index contributed by atoms with van der Waals surface area (Å²) in [5, 5.41) is 8.87. The van der Waals surface area contributed by atoms with Crippen LogP contribution in [-0.2, 0) is 13.5 Å². The molecule has 0 saturated heterocycles. The molecule has 0 bridgehead atoms. The molecule has 1 aromatic carbocycles. The molecule has 3 rings (SSSR count). The van der Waals surface area contributed by atoms with Crippen LogP contribution in [0, 0.1) is 0 Å². The lowest BCUT2D eigenvalue weighted by Crippen LogP contribution is -2.08. The molecule has 0 aliphatic carbocycles. The minimum Gasteiger partial charge on any atom is -0.369 e. The topological polar surface area (TPSA) is 55.6 Å². The van der Waals surface area contributed by atoms with E-state index in [0.29, 0.717) is 0 Å². The lowest BCUT2D eigenvalue weighted by molar-refractivity contribution is 0.742. The van der Waals surface area contributed by atoms with Gasteiger partial charge in [-0.2, -0.15) is 5.10 Å². The van der Waals surface area contributed by atoms with E-state index in [1.165, 1.54) is 0 Å². The molecule has 0 unspecified atom stereocenters. The van der Waals surface area contributed by atoms with Crippen LogP contribution in [-0.4, -0.2) is 26.3 Å². The van der Waals surface area contributed by atoms with Crippen LogP contribution in [0.15, 0.2) is 36.5 Å². The summed E-state index contributed by atoms with van der Waals surface area (Å²) in [6.07, 6.45) is 2.77. The summed E-state index contributed by atoms with van der Waals surface area (Å²) in [6.45, 7) is 0.744. The molecule has 1 N–H and O–H groups in total. The van der Waals surface area contributed by atoms with Crippen molar-refractivity contribution >= 4 is 28.3 Å². The molecule has 6 heteroatoms. The summed E-state index contributed by atoms with van der Waals surface area (Å²) >= 11 is 5.95. The molecule has 0 fully saturated rings. The van der Waals surface area contributed by atoms with Crippen molar-refractivity contribution in [3.63, 3.8) is 0 Å². The minimum atomic E-state index is 0.254. The van der Waals surface area contributed by atoms with Crippen molar-refractivity contribution in [1.29, 1.82) is 0 Å². The van der Waals surface area contributed by atoms with Gasteiger partial charge in [-0.3, -0.25) is 4.68 Å². The molecule has 0 amide bonds. The fourth-order valence-electron chi connectivity index (χ4n) is 2.09. The van der Waals surface area contributed by atoms with Crippen LogP contribution in [0.25, 0.3) is 10.9 Å². The highest BCUT2D eigenvalue weighted by atomic mass is 35.5. The fraction of sp³-hybridized carbons (Fsp3) is 0.214. The second kappa shape index (κ2) is 5.46. The Morgan fingerprint density at radius 1 is 1.20 bits per heavy atom. The van der Waals surface area contributed by atoms with Gasteiger partial charge in [-0.25, -0.2) is 9.97 Å². The third-order valence-electron chi connectivity index (χ3n) is 3.02. The number of aryl methyl sites for hydroxylation is 1. The number of rotatable bonds is 4. The third-order valence-corrected chi connectivity index (χ3v) is 3.19. The van der Waals surface area contributed by atoms with Crippen molar-refractivity contribution < 1.29 is 0 Å². The molecule has 0 aliphatic rings. The normalized spacial score (nSPS) is 10.9. The monoisotopic (exact) mass is 287 g/mol. The first-order valence-electron chi connectivity index (χ1n) is 6.37. The lowest BCUT2D eigenvalue weighted by atomic mass is 10.2. The Morgan fingerprint density at radius 3 is 2.85 bits per heavy atom. The summed E-state index contributed by atoms with van der Waals surface area (Å²) in [7, 11) is 1.91. The second-order valence-electron chi connectivity index (χ2n) is 4.52. The number of para-hydroxylation sites is 1. The molecule has 0 radical (unpaired) electrons. The van der Waals surface area contributed by atoms with E-state index in [4.69, 9.17) is 11.6 Å². The maximum atomic E-state index is 5.95. The van der Waals surface area contributed by atoms with Gasteiger partial charge in [0, 0.05) is 31.6 Å². The molecule has 0 spiro atoms. The number of hydrogen-bond acceptors (Lipinski definition) is 4. The van der Waals surface area contributed by atoms with E-state index >= 15 is 0 Å². The number of nitrogens with zero attached hydrogens (tertiary/aromatic N) is 4. The Labute approximate surface area is 121 Å². The first kappa shape index (κ1) is 12.9. The quantitative estimate of drug-likeness (QED) is 0.750. The molecule has 102 valence electrons. The van der Waals surface area contributed by atoms with Gasteiger partial charge in [-0.1, -0.05) is 12.1 Å². The Bertz CT molecular complexity index is 737. The molecule has 3 aromatic rings. The Balaban J connectivity index is 1.77. The van der Waals surface area contributed by atoms with Crippen molar-refractivity contribution in [3.8, 4) is 0 Å². The molecule has 0 atom stereocenters. The minimum absolute atomic E-state index is 0.254. The van der Waals surface area contributed by atoms with Crippen LogP contribution in [0.3, 0.4) is 0 Å². The van der Waals surface area contributed by atoms with E-state index < -0.39 is 0 Å². The van der Waals surface area contributed by atoms with E-state index in [9.17, 15) is 0 Å². The van der Waals surface area contributed by atoms with Gasteiger partial charge in [0.05, 0.1) is 11.2 Å². The van der Waals surface area contributed by atoms with Crippen LogP contribution < -0.4 is 5.32 Å². The zero-order chi connectivity index (χ0) is 13.9. The largest absolute Gasteiger partial charge is 0.369 e. The number of hydrogen-bond donors (Lipinski definition) is 1. The summed E-state index contributed by atoms with van der Waals surface area (Å²) in [5.74, 6) is 0.761. The van der Waals surface area contributed by atoms with Crippen LogP contribution in [0.1, 0.15) is 5.69 Å². The predicted molar refractivity (Wildman–Crippen MR) is 79.9 cm³/mol. The summed E-state index contributed by atoms with van der Waals surface area (Å²) < 4.78 is 1.80. The maximum Gasteiger partial charge on any atom is 0.224 e. The van der Waals surface area contributed by atoms with E-state index in [1.54, 1.807) is 4.68 Å². The van der Waals surface area contributed by atoms with E-state index in [-0.39, 0.29) is 5.28 Å². The maximum absolute atomic E-state index is 5.95. The zero-order valence-corrected chi connectivity index (χ0v) is 11.8. The number of benzene rings is 1. The van der Waals surface area contributed by atoms with Crippen LogP contribution in [0.5, 0.6) is 0 Å². The van der Waals surface area contributed by atoms with E-state index in [1.807, 2.05) is 43.6 Å². The molecule has 2 heterocycles. The first-order valence-corrected chi connectivity index (χ1v) is 6.75. The van der Waals surface area contributed by atoms with Gasteiger partial charge in [0.1, 0.15) is 5.82 Å². The number of halogens is 1. The first-order chi connectivity index (χ1) is 9.72. The Morgan fingerprint density at radius 2 is 2.05 bits per heavy atom. The van der Waals surface area contributed by atoms with Gasteiger partial charge in [-0.05, 0) is 29.8 Å². The third kappa shape index (κ3) is 2.72. The lowest BCUT2D eigenvalue weighted by Gasteiger charge is -2.08. The summed E-state index contributed by atoms with van der Waals surface area (Å²) in [5.41, 5.74) is 1.89. The summed E-state index contributed by atoms with van der Waals surface area (Å²) in [6, 6.07) is 9.81. The number of aromatic nitrogens is 4. The van der Waals surface area contributed by atoms with Gasteiger partial charge >= 0.3 is 0 Å². The molecular formula is C14H14ClN5. The average Bonchev–Trinajstić information content (AvgIpc) is 2.84. The highest BCUT2D eigenvalue weighted by molar-refractivity contribution is 6.28. The summed E-state index contributed by atoms with van der Waals surface area (Å²) in [4.78, 5) is 8.46. The molecule has 20 heavy (non-hydrogen) atoms. The molecular weight excluding hydrogens is 274 g/mol. The van der Waals surface area contributed by atoms with Crippen LogP contribution in [0.2, 0.25) is 5.28 Å². The van der Waals surface area contributed by atoms with E-state index in [2.05, 4.69) is 20.4 Å². The van der Waals surface area contributed by atoms with Gasteiger partial charge in [-0.15, -0.1) is 0 Å². The molecule has 0 aliphatic heterocycles. The number of nitrogens with one attached hydrogen (secondary N) is 1. The second-order valence-corrected chi connectivity index (χ2v) is 4.85. The van der Waals surface area contributed by atoms with Gasteiger partial charge in [0.2, 0.25) is 5.28 Å². The highest BCUT2D eigenvalue weighted by Gasteiger charge is 2.06. The number of fused-ring (bicyclic) bond motifs is 1. The molecule has 2 aromatic heterocycles. The van der Waals surface area contributed by atoms with Crippen LogP contribution >= 0.6 is 11.6 Å². The van der Waals surface area contributed by atoms with Crippen molar-refractivity contribution in [1.82, 2.24) is 19.7 Å². The van der Waals surface area contributed by atoms with Crippen LogP contribution in [0.4, 0.5) is 5.82 Å². The Hall–Kier alpha value is -2.14. The SMILES string of the molecule is Cn1ccc(CCNc2nc(Cl)nc3ccccc23)n1. The van der Waals surface area contributed by atoms with E-state index in [0.717, 1.165) is 35.4 Å².